The molecular formula is C20H25NO3. The molecule has 4 nitrogen and oxygen atoms in total. The van der Waals surface area contributed by atoms with Crippen LogP contribution in [-0.4, -0.2) is 43.5 Å². The molecule has 0 aromatic heterocycles. The number of carbonyl (C=O) groups is 1. The van der Waals surface area contributed by atoms with Crippen molar-refractivity contribution in [2.45, 2.75) is 56.6 Å². The predicted octanol–water partition coefficient (Wildman–Crippen LogP) is 2.50. The summed E-state index contributed by atoms with van der Waals surface area (Å²) < 4.78 is 12.0. The van der Waals surface area contributed by atoms with Crippen LogP contribution in [0.15, 0.2) is 6.07 Å². The number of methoxy groups -OCH3 is 1. The number of piperidine rings is 1. The molecule has 2 heterocycles. The average molecular weight is 327 g/mol. The monoisotopic (exact) mass is 327 g/mol. The van der Waals surface area contributed by atoms with E-state index >= 15 is 0 Å². The number of likely N-dealkylation sites (N-methyl/N-ethyl adjacent to an activating group) is 1. The second-order valence-electron chi connectivity index (χ2n) is 7.93. The van der Waals surface area contributed by atoms with Gasteiger partial charge in [-0.05, 0) is 62.4 Å². The topological polar surface area (TPSA) is 38.8 Å². The highest BCUT2D eigenvalue weighted by molar-refractivity contribution is 5.89. The minimum atomic E-state index is -0.289. The number of hydrogen-bond acceptors (Lipinski definition) is 4. The van der Waals surface area contributed by atoms with Crippen LogP contribution in [0.1, 0.15) is 42.9 Å². The number of hydrogen-bond donors (Lipinski definition) is 0. The Morgan fingerprint density at radius 2 is 2.29 bits per heavy atom. The Labute approximate surface area is 143 Å². The number of aryl methyl sites for hydroxylation is 1. The number of rotatable bonds is 2. The zero-order valence-corrected chi connectivity index (χ0v) is 14.7. The van der Waals surface area contributed by atoms with Gasteiger partial charge in [0, 0.05) is 23.4 Å². The van der Waals surface area contributed by atoms with Crippen molar-refractivity contribution < 1.29 is 14.3 Å². The molecule has 1 spiro atoms. The van der Waals surface area contributed by atoms with Crippen LogP contribution in [0.4, 0.5) is 0 Å². The van der Waals surface area contributed by atoms with E-state index in [0.29, 0.717) is 24.2 Å². The lowest BCUT2D eigenvalue weighted by Gasteiger charge is -2.57. The summed E-state index contributed by atoms with van der Waals surface area (Å²) in [6.45, 7) is 3.26. The normalized spacial score (nSPS) is 36.3. The van der Waals surface area contributed by atoms with E-state index in [1.807, 2.05) is 0 Å². The first-order chi connectivity index (χ1) is 11.6. The summed E-state index contributed by atoms with van der Waals surface area (Å²) in [4.78, 5) is 15.3. The highest BCUT2D eigenvalue weighted by Crippen LogP contribution is 2.63. The molecule has 2 aliphatic carbocycles. The molecule has 1 aromatic carbocycles. The van der Waals surface area contributed by atoms with E-state index in [0.717, 1.165) is 43.7 Å². The van der Waals surface area contributed by atoms with E-state index in [4.69, 9.17) is 9.47 Å². The van der Waals surface area contributed by atoms with E-state index in [1.54, 1.807) is 7.11 Å². The van der Waals surface area contributed by atoms with Crippen molar-refractivity contribution in [1.29, 1.82) is 0 Å². The third-order valence-electron chi connectivity index (χ3n) is 7.19. The number of Topliss-reactive ketones (excluding diaryl/α,β-unsaturated/α-hetero) is 1. The van der Waals surface area contributed by atoms with Gasteiger partial charge in [0.25, 0.3) is 0 Å². The molecular weight excluding hydrogens is 302 g/mol. The Bertz CT molecular complexity index is 743. The fraction of sp³-hybridized carbons (Fsp3) is 0.650. The van der Waals surface area contributed by atoms with Gasteiger partial charge in [0.1, 0.15) is 0 Å². The van der Waals surface area contributed by atoms with E-state index < -0.39 is 0 Å². The zero-order valence-electron chi connectivity index (χ0n) is 14.7. The predicted molar refractivity (Wildman–Crippen MR) is 90.9 cm³/mol. The van der Waals surface area contributed by atoms with Crippen LogP contribution in [0.2, 0.25) is 0 Å². The maximum absolute atomic E-state index is 12.8. The first kappa shape index (κ1) is 14.8. The summed E-state index contributed by atoms with van der Waals surface area (Å²) in [5.74, 6) is 2.51. The zero-order chi connectivity index (χ0) is 16.6. The molecule has 128 valence electrons. The van der Waals surface area contributed by atoms with Gasteiger partial charge in [-0.2, -0.15) is 0 Å². The van der Waals surface area contributed by atoms with E-state index in [2.05, 4.69) is 24.9 Å². The van der Waals surface area contributed by atoms with E-state index in [1.165, 1.54) is 16.7 Å². The maximum atomic E-state index is 12.8. The molecule has 5 rings (SSSR count). The molecule has 0 N–H and O–H groups in total. The van der Waals surface area contributed by atoms with Gasteiger partial charge in [-0.1, -0.05) is 6.92 Å². The molecule has 1 saturated carbocycles. The lowest BCUT2D eigenvalue weighted by atomic mass is 9.51. The van der Waals surface area contributed by atoms with Gasteiger partial charge in [0.15, 0.2) is 23.4 Å². The Balaban J connectivity index is 1.84. The average Bonchev–Trinajstić information content (AvgIpc) is 2.94. The molecule has 4 atom stereocenters. The molecule has 4 heteroatoms. The SMILES string of the molecule is CCc1cc(OC)c2c3c1C[C@@H]1[C@@H]4CCC(=O)[C@H](O2)[C@]34CCN1C. The Morgan fingerprint density at radius 1 is 1.46 bits per heavy atom. The molecule has 0 amide bonds. The second kappa shape index (κ2) is 4.75. The fourth-order valence-corrected chi connectivity index (χ4v) is 6.13. The highest BCUT2D eigenvalue weighted by atomic mass is 16.5. The molecule has 4 aliphatic rings. The summed E-state index contributed by atoms with van der Waals surface area (Å²) in [5, 5.41) is 0. The number of ketones is 1. The maximum Gasteiger partial charge on any atom is 0.174 e. The van der Waals surface area contributed by atoms with Crippen LogP contribution >= 0.6 is 0 Å². The minimum Gasteiger partial charge on any atom is -0.493 e. The fourth-order valence-electron chi connectivity index (χ4n) is 6.13. The number of nitrogens with zero attached hydrogens (tertiary/aromatic N) is 1. The molecule has 1 saturated heterocycles. The molecule has 24 heavy (non-hydrogen) atoms. The molecule has 2 bridgehead atoms. The molecule has 0 unspecified atom stereocenters. The summed E-state index contributed by atoms with van der Waals surface area (Å²) >= 11 is 0. The summed E-state index contributed by atoms with van der Waals surface area (Å²) in [6.07, 6.45) is 4.48. The summed E-state index contributed by atoms with van der Waals surface area (Å²) in [7, 11) is 3.96. The second-order valence-corrected chi connectivity index (χ2v) is 7.93. The molecule has 0 radical (unpaired) electrons. The molecule has 1 aromatic rings. The first-order valence-corrected chi connectivity index (χ1v) is 9.24. The van der Waals surface area contributed by atoms with Crippen LogP contribution < -0.4 is 9.47 Å². The van der Waals surface area contributed by atoms with Gasteiger partial charge in [0.05, 0.1) is 7.11 Å². The highest BCUT2D eigenvalue weighted by Gasteiger charge is 2.65. The largest absolute Gasteiger partial charge is 0.493 e. The van der Waals surface area contributed by atoms with Crippen molar-refractivity contribution >= 4 is 5.78 Å². The van der Waals surface area contributed by atoms with Gasteiger partial charge in [-0.3, -0.25) is 4.79 Å². The minimum absolute atomic E-state index is 0.103. The number of benzene rings is 1. The van der Waals surface area contributed by atoms with Crippen molar-refractivity contribution in [3.05, 3.63) is 22.8 Å². The summed E-state index contributed by atoms with van der Waals surface area (Å²) in [5.41, 5.74) is 4.05. The van der Waals surface area contributed by atoms with Crippen molar-refractivity contribution in [3.63, 3.8) is 0 Å². The number of ether oxygens (including phenoxy) is 2. The Morgan fingerprint density at radius 3 is 3.04 bits per heavy atom. The van der Waals surface area contributed by atoms with Crippen LogP contribution in [0, 0.1) is 5.92 Å². The van der Waals surface area contributed by atoms with Crippen molar-refractivity contribution in [1.82, 2.24) is 4.90 Å². The van der Waals surface area contributed by atoms with Crippen LogP contribution in [-0.2, 0) is 23.1 Å². The quantitative estimate of drug-likeness (QED) is 0.837. The lowest BCUT2D eigenvalue weighted by molar-refractivity contribution is -0.138. The van der Waals surface area contributed by atoms with Crippen LogP contribution in [0.3, 0.4) is 0 Å². The standard InChI is InChI=1S/C20H25NO3/c1-4-11-9-16(23-3)18-17-12(11)10-14-13-5-6-15(22)19(24-18)20(13,17)7-8-21(14)2/h9,13-14,19H,4-8,10H2,1-3H3/t13-,14+,19-,20-/m0/s1. The number of carbonyl (C=O) groups excluding carboxylic acids is 1. The third kappa shape index (κ3) is 1.52. The Kier molecular flexibility index (Phi) is 2.92. The van der Waals surface area contributed by atoms with Crippen LogP contribution in [0.5, 0.6) is 11.5 Å². The van der Waals surface area contributed by atoms with Crippen molar-refractivity contribution in [3.8, 4) is 11.5 Å². The van der Waals surface area contributed by atoms with E-state index in [9.17, 15) is 4.79 Å². The number of likely N-dealkylation sites (tertiary alicyclic amines) is 1. The molecule has 2 fully saturated rings. The third-order valence-corrected chi connectivity index (χ3v) is 7.19. The smallest absolute Gasteiger partial charge is 0.174 e. The van der Waals surface area contributed by atoms with Gasteiger partial charge in [0.2, 0.25) is 0 Å². The summed E-state index contributed by atoms with van der Waals surface area (Å²) in [6, 6.07) is 2.68. The van der Waals surface area contributed by atoms with Gasteiger partial charge < -0.3 is 14.4 Å². The van der Waals surface area contributed by atoms with Crippen molar-refractivity contribution in [2.24, 2.45) is 5.92 Å². The Hall–Kier alpha value is -1.55. The van der Waals surface area contributed by atoms with E-state index in [-0.39, 0.29) is 11.5 Å². The van der Waals surface area contributed by atoms with Crippen LogP contribution in [0.25, 0.3) is 0 Å². The van der Waals surface area contributed by atoms with Crippen molar-refractivity contribution in [2.75, 3.05) is 20.7 Å². The van der Waals surface area contributed by atoms with Gasteiger partial charge in [-0.15, -0.1) is 0 Å². The lowest BCUT2D eigenvalue weighted by Crippen LogP contribution is -2.65. The van der Waals surface area contributed by atoms with Gasteiger partial charge in [-0.25, -0.2) is 0 Å². The first-order valence-electron chi connectivity index (χ1n) is 9.24. The molecule has 2 aliphatic heterocycles. The van der Waals surface area contributed by atoms with Gasteiger partial charge >= 0.3 is 0 Å².